The zero-order valence-corrected chi connectivity index (χ0v) is 10.2. The summed E-state index contributed by atoms with van der Waals surface area (Å²) >= 11 is 0. The first-order valence-electron chi connectivity index (χ1n) is 6.02. The van der Waals surface area contributed by atoms with Crippen LogP contribution in [-0.4, -0.2) is 35.8 Å². The monoisotopic (exact) mass is 276 g/mol. The van der Waals surface area contributed by atoms with Crippen molar-refractivity contribution in [3.63, 3.8) is 0 Å². The van der Waals surface area contributed by atoms with Crippen molar-refractivity contribution in [2.45, 2.75) is 24.9 Å². The Morgan fingerprint density at radius 2 is 2.16 bits per heavy atom. The second kappa shape index (κ2) is 5.20. The van der Waals surface area contributed by atoms with Gasteiger partial charge in [-0.05, 0) is 12.8 Å². The van der Waals surface area contributed by atoms with Gasteiger partial charge in [-0.3, -0.25) is 4.79 Å². The van der Waals surface area contributed by atoms with Gasteiger partial charge in [-0.25, -0.2) is 4.98 Å². The van der Waals surface area contributed by atoms with Crippen LogP contribution in [0.2, 0.25) is 0 Å². The SMILES string of the molecule is NCCN(CC(F)(F)F)c1cc(=O)[nH]c(C2CC2)n1. The zero-order chi connectivity index (χ0) is 14.0. The number of nitrogens with zero attached hydrogens (tertiary/aromatic N) is 2. The molecule has 0 aliphatic heterocycles. The van der Waals surface area contributed by atoms with Gasteiger partial charge in [-0.1, -0.05) is 0 Å². The molecule has 0 amide bonds. The Morgan fingerprint density at radius 3 is 2.68 bits per heavy atom. The number of alkyl halides is 3. The van der Waals surface area contributed by atoms with E-state index in [0.29, 0.717) is 5.82 Å². The molecule has 106 valence electrons. The first kappa shape index (κ1) is 13.9. The van der Waals surface area contributed by atoms with E-state index in [1.165, 1.54) is 0 Å². The summed E-state index contributed by atoms with van der Waals surface area (Å²) in [6.07, 6.45) is -2.55. The average Bonchev–Trinajstić information content (AvgIpc) is 3.09. The van der Waals surface area contributed by atoms with Crippen LogP contribution in [0.1, 0.15) is 24.6 Å². The maximum Gasteiger partial charge on any atom is 0.405 e. The highest BCUT2D eigenvalue weighted by Crippen LogP contribution is 2.38. The van der Waals surface area contributed by atoms with Gasteiger partial charge >= 0.3 is 6.18 Å². The quantitative estimate of drug-likeness (QED) is 0.840. The predicted molar refractivity (Wildman–Crippen MR) is 64.2 cm³/mol. The Morgan fingerprint density at radius 1 is 1.47 bits per heavy atom. The van der Waals surface area contributed by atoms with Crippen molar-refractivity contribution < 1.29 is 13.2 Å². The molecule has 19 heavy (non-hydrogen) atoms. The molecule has 3 N–H and O–H groups in total. The predicted octanol–water partition coefficient (Wildman–Crippen LogP) is 0.975. The lowest BCUT2D eigenvalue weighted by Gasteiger charge is -2.24. The van der Waals surface area contributed by atoms with E-state index in [2.05, 4.69) is 9.97 Å². The third-order valence-corrected chi connectivity index (χ3v) is 2.80. The molecule has 1 aliphatic rings. The number of nitrogens with one attached hydrogen (secondary N) is 1. The van der Waals surface area contributed by atoms with Crippen LogP contribution in [0.4, 0.5) is 19.0 Å². The van der Waals surface area contributed by atoms with Crippen LogP contribution in [0.3, 0.4) is 0 Å². The third kappa shape index (κ3) is 3.95. The van der Waals surface area contributed by atoms with Crippen molar-refractivity contribution in [3.8, 4) is 0 Å². The summed E-state index contributed by atoms with van der Waals surface area (Å²) in [5.41, 5.74) is 4.88. The Labute approximate surface area is 107 Å². The highest BCUT2D eigenvalue weighted by Gasteiger charge is 2.32. The van der Waals surface area contributed by atoms with Crippen molar-refractivity contribution in [2.24, 2.45) is 5.73 Å². The number of hydrogen-bond acceptors (Lipinski definition) is 4. The molecular weight excluding hydrogens is 261 g/mol. The molecule has 0 radical (unpaired) electrons. The van der Waals surface area contributed by atoms with E-state index >= 15 is 0 Å². The van der Waals surface area contributed by atoms with Gasteiger partial charge in [0, 0.05) is 25.1 Å². The molecule has 1 aliphatic carbocycles. The lowest BCUT2D eigenvalue weighted by atomic mass is 10.3. The van der Waals surface area contributed by atoms with Crippen LogP contribution in [0.5, 0.6) is 0 Å². The summed E-state index contributed by atoms with van der Waals surface area (Å²) < 4.78 is 37.5. The maximum absolute atomic E-state index is 12.5. The Bertz CT molecular complexity index is 495. The van der Waals surface area contributed by atoms with E-state index in [4.69, 9.17) is 5.73 Å². The van der Waals surface area contributed by atoms with E-state index in [9.17, 15) is 18.0 Å². The number of nitrogens with two attached hydrogens (primary N) is 1. The number of aromatic amines is 1. The summed E-state index contributed by atoms with van der Waals surface area (Å²) in [5.74, 6) is 0.665. The topological polar surface area (TPSA) is 75.0 Å². The third-order valence-electron chi connectivity index (χ3n) is 2.80. The second-order valence-electron chi connectivity index (χ2n) is 4.59. The largest absolute Gasteiger partial charge is 0.405 e. The van der Waals surface area contributed by atoms with Crippen molar-refractivity contribution in [3.05, 3.63) is 22.2 Å². The number of rotatable bonds is 5. The Kier molecular flexibility index (Phi) is 3.79. The highest BCUT2D eigenvalue weighted by atomic mass is 19.4. The van der Waals surface area contributed by atoms with Crippen molar-refractivity contribution in [2.75, 3.05) is 24.5 Å². The average molecular weight is 276 g/mol. The molecule has 0 atom stereocenters. The molecule has 1 heterocycles. The van der Waals surface area contributed by atoms with E-state index < -0.39 is 18.3 Å². The summed E-state index contributed by atoms with van der Waals surface area (Å²) in [6, 6.07) is 1.08. The molecule has 0 bridgehead atoms. The van der Waals surface area contributed by atoms with Gasteiger partial charge in [0.1, 0.15) is 18.2 Å². The van der Waals surface area contributed by atoms with Crippen LogP contribution in [-0.2, 0) is 0 Å². The normalized spacial score (nSPS) is 15.6. The van der Waals surface area contributed by atoms with Crippen molar-refractivity contribution in [1.29, 1.82) is 0 Å². The first-order valence-corrected chi connectivity index (χ1v) is 6.02. The summed E-state index contributed by atoms with van der Waals surface area (Å²) in [4.78, 5) is 19.1. The summed E-state index contributed by atoms with van der Waals surface area (Å²) in [7, 11) is 0. The van der Waals surface area contributed by atoms with Gasteiger partial charge in [0.05, 0.1) is 0 Å². The van der Waals surface area contributed by atoms with Gasteiger partial charge in [0.15, 0.2) is 0 Å². The molecule has 0 aromatic carbocycles. The first-order chi connectivity index (χ1) is 8.89. The highest BCUT2D eigenvalue weighted by molar-refractivity contribution is 5.38. The molecule has 0 spiro atoms. The van der Waals surface area contributed by atoms with Gasteiger partial charge in [0.25, 0.3) is 5.56 Å². The number of halogens is 3. The molecule has 1 aromatic heterocycles. The van der Waals surface area contributed by atoms with Crippen LogP contribution in [0, 0.1) is 0 Å². The lowest BCUT2D eigenvalue weighted by Crippen LogP contribution is -2.39. The van der Waals surface area contributed by atoms with Crippen molar-refractivity contribution >= 4 is 5.82 Å². The number of anilines is 1. The van der Waals surface area contributed by atoms with E-state index in [1.807, 2.05) is 0 Å². The van der Waals surface area contributed by atoms with Crippen LogP contribution >= 0.6 is 0 Å². The number of aromatic nitrogens is 2. The Balaban J connectivity index is 2.27. The van der Waals surface area contributed by atoms with Crippen LogP contribution in [0.25, 0.3) is 0 Å². The molecule has 0 saturated heterocycles. The minimum absolute atomic E-state index is 0.0000694. The minimum Gasteiger partial charge on any atom is -0.346 e. The van der Waals surface area contributed by atoms with Gasteiger partial charge in [-0.2, -0.15) is 13.2 Å². The molecule has 1 saturated carbocycles. The smallest absolute Gasteiger partial charge is 0.346 e. The number of H-pyrrole nitrogens is 1. The van der Waals surface area contributed by atoms with E-state index in [0.717, 1.165) is 23.8 Å². The molecule has 8 heteroatoms. The molecule has 1 fully saturated rings. The fourth-order valence-corrected chi connectivity index (χ4v) is 1.82. The molecule has 1 aromatic rings. The number of hydrogen-bond donors (Lipinski definition) is 2. The maximum atomic E-state index is 12.5. The molecule has 2 rings (SSSR count). The fraction of sp³-hybridized carbons (Fsp3) is 0.636. The zero-order valence-electron chi connectivity index (χ0n) is 10.2. The molecule has 5 nitrogen and oxygen atoms in total. The fourth-order valence-electron chi connectivity index (χ4n) is 1.82. The van der Waals surface area contributed by atoms with Gasteiger partial charge in [0.2, 0.25) is 0 Å². The summed E-state index contributed by atoms with van der Waals surface area (Å²) in [6.45, 7) is -1.10. The van der Waals surface area contributed by atoms with Gasteiger partial charge < -0.3 is 15.6 Å². The summed E-state index contributed by atoms with van der Waals surface area (Å²) in [5, 5.41) is 0. The van der Waals surface area contributed by atoms with Crippen molar-refractivity contribution in [1.82, 2.24) is 9.97 Å². The second-order valence-corrected chi connectivity index (χ2v) is 4.59. The van der Waals surface area contributed by atoms with E-state index in [1.54, 1.807) is 0 Å². The van der Waals surface area contributed by atoms with Crippen LogP contribution < -0.4 is 16.2 Å². The standard InChI is InChI=1S/C11H15F3N4O/c12-11(13,14)6-18(4-3-15)8-5-9(19)17-10(16-8)7-1-2-7/h5,7H,1-4,6,15H2,(H,16,17,19). The van der Waals surface area contributed by atoms with Crippen LogP contribution in [0.15, 0.2) is 10.9 Å². The van der Waals surface area contributed by atoms with E-state index in [-0.39, 0.29) is 24.8 Å². The van der Waals surface area contributed by atoms with Gasteiger partial charge in [-0.15, -0.1) is 0 Å². The molecular formula is C11H15F3N4O. The minimum atomic E-state index is -4.36. The lowest BCUT2D eigenvalue weighted by molar-refractivity contribution is -0.119. The Hall–Kier alpha value is -1.57. The molecule has 0 unspecified atom stereocenters.